The molecule has 0 radical (unpaired) electrons. The van der Waals surface area contributed by atoms with Gasteiger partial charge in [0.05, 0.1) is 30.6 Å². The maximum Gasteiger partial charge on any atom is 0.356 e. The summed E-state index contributed by atoms with van der Waals surface area (Å²) in [4.78, 5) is 25.6. The normalized spacial score (nSPS) is 17.5. The lowest BCUT2D eigenvalue weighted by Crippen LogP contribution is -2.44. The van der Waals surface area contributed by atoms with Gasteiger partial charge in [-0.3, -0.25) is 4.31 Å². The van der Waals surface area contributed by atoms with Crippen LogP contribution in [0.25, 0.3) is 0 Å². The van der Waals surface area contributed by atoms with E-state index in [1.807, 2.05) is 30.3 Å². The van der Waals surface area contributed by atoms with E-state index in [1.54, 1.807) is 13.8 Å². The molecule has 0 aliphatic carbocycles. The van der Waals surface area contributed by atoms with Gasteiger partial charge in [-0.15, -0.1) is 0 Å². The highest BCUT2D eigenvalue weighted by atomic mass is 32.2. The smallest absolute Gasteiger partial charge is 0.356 e. The Balaban J connectivity index is 2.67. The van der Waals surface area contributed by atoms with Crippen LogP contribution in [-0.4, -0.2) is 51.7 Å². The zero-order chi connectivity index (χ0) is 23.2. The lowest BCUT2D eigenvalue weighted by molar-refractivity contribution is -0.143. The number of hydrogen-bond acceptors (Lipinski definition) is 6. The van der Waals surface area contributed by atoms with Gasteiger partial charge in [-0.25, -0.2) is 18.0 Å². The van der Waals surface area contributed by atoms with Crippen molar-refractivity contribution < 1.29 is 27.5 Å². The predicted octanol–water partition coefficient (Wildman–Crippen LogP) is 3.87. The fourth-order valence-electron chi connectivity index (χ4n) is 3.48. The molecule has 0 aromatic heterocycles. The number of ether oxygens (including phenoxy) is 2. The second kappa shape index (κ2) is 10.5. The standard InChI is InChI=1S/C22H33NO6SSi/c1-6-28-21(24)18-13-14-19(17-11-9-8-10-12-17)23(20(18)22(25)29-7-2)30(26,27)15-16-31(3,4)5/h8-12,19H,6-7,13-16H2,1-5H3. The molecule has 0 saturated heterocycles. The van der Waals surface area contributed by atoms with Crippen LogP contribution >= 0.6 is 0 Å². The van der Waals surface area contributed by atoms with Crippen molar-refractivity contribution in [3.63, 3.8) is 0 Å². The molecule has 1 aromatic rings. The van der Waals surface area contributed by atoms with E-state index in [4.69, 9.17) is 9.47 Å². The second-order valence-corrected chi connectivity index (χ2v) is 16.2. The number of carbonyl (C=O) groups excluding carboxylic acids is 2. The van der Waals surface area contributed by atoms with Gasteiger partial charge in [0.1, 0.15) is 5.70 Å². The molecule has 1 aromatic carbocycles. The average Bonchev–Trinajstić information content (AvgIpc) is 2.72. The fraction of sp³-hybridized carbons (Fsp3) is 0.545. The molecular weight excluding hydrogens is 434 g/mol. The third-order valence-corrected chi connectivity index (χ3v) is 8.91. The summed E-state index contributed by atoms with van der Waals surface area (Å²) in [5, 5.41) is 0. The molecule has 172 valence electrons. The van der Waals surface area contributed by atoms with Gasteiger partial charge >= 0.3 is 11.9 Å². The van der Waals surface area contributed by atoms with E-state index in [0.29, 0.717) is 12.5 Å². The molecule has 0 fully saturated rings. The van der Waals surface area contributed by atoms with E-state index in [2.05, 4.69) is 19.6 Å². The van der Waals surface area contributed by atoms with Crippen LogP contribution in [0.15, 0.2) is 41.6 Å². The highest BCUT2D eigenvalue weighted by molar-refractivity contribution is 7.89. The lowest BCUT2D eigenvalue weighted by Gasteiger charge is -2.38. The first-order valence-electron chi connectivity index (χ1n) is 10.7. The molecule has 1 unspecified atom stereocenters. The Hall–Kier alpha value is -2.13. The number of hydrogen-bond donors (Lipinski definition) is 0. The summed E-state index contributed by atoms with van der Waals surface area (Å²) in [6.07, 6.45) is 0.597. The Labute approximate surface area is 186 Å². The van der Waals surface area contributed by atoms with E-state index >= 15 is 0 Å². The minimum Gasteiger partial charge on any atom is -0.463 e. The summed E-state index contributed by atoms with van der Waals surface area (Å²) in [5.41, 5.74) is 0.615. The van der Waals surface area contributed by atoms with E-state index < -0.39 is 36.1 Å². The summed E-state index contributed by atoms with van der Waals surface area (Å²) in [6.45, 7) is 9.80. The molecule has 1 heterocycles. The van der Waals surface area contributed by atoms with E-state index in [1.165, 1.54) is 0 Å². The number of sulfonamides is 1. The van der Waals surface area contributed by atoms with Gasteiger partial charge in [-0.1, -0.05) is 50.0 Å². The highest BCUT2D eigenvalue weighted by Crippen LogP contribution is 2.40. The van der Waals surface area contributed by atoms with Gasteiger partial charge < -0.3 is 9.47 Å². The minimum absolute atomic E-state index is 0.0593. The molecule has 0 N–H and O–H groups in total. The van der Waals surface area contributed by atoms with Crippen molar-refractivity contribution in [3.8, 4) is 0 Å². The highest BCUT2D eigenvalue weighted by Gasteiger charge is 2.43. The van der Waals surface area contributed by atoms with Crippen molar-refractivity contribution in [2.75, 3.05) is 19.0 Å². The first kappa shape index (κ1) is 25.1. The molecule has 31 heavy (non-hydrogen) atoms. The third kappa shape index (κ3) is 6.43. The lowest BCUT2D eigenvalue weighted by atomic mass is 9.93. The molecule has 0 bridgehead atoms. The summed E-state index contributed by atoms with van der Waals surface area (Å²) >= 11 is 0. The van der Waals surface area contributed by atoms with E-state index in [-0.39, 0.29) is 36.7 Å². The molecule has 1 atom stereocenters. The van der Waals surface area contributed by atoms with Crippen molar-refractivity contribution in [1.29, 1.82) is 0 Å². The quantitative estimate of drug-likeness (QED) is 0.404. The van der Waals surface area contributed by atoms with Crippen molar-refractivity contribution in [2.45, 2.75) is 58.4 Å². The number of rotatable bonds is 9. The van der Waals surface area contributed by atoms with E-state index in [9.17, 15) is 18.0 Å². The van der Waals surface area contributed by atoms with Gasteiger partial charge in [-0.2, -0.15) is 0 Å². The molecule has 1 aliphatic rings. The van der Waals surface area contributed by atoms with Gasteiger partial charge in [0.2, 0.25) is 10.0 Å². The fourth-order valence-corrected chi connectivity index (χ4v) is 8.23. The maximum atomic E-state index is 13.6. The molecule has 0 spiro atoms. The van der Waals surface area contributed by atoms with Crippen LogP contribution in [0.1, 0.15) is 38.3 Å². The van der Waals surface area contributed by atoms with Crippen LogP contribution in [0.3, 0.4) is 0 Å². The molecule has 7 nitrogen and oxygen atoms in total. The van der Waals surface area contributed by atoms with Gasteiger partial charge in [0.25, 0.3) is 0 Å². The zero-order valence-electron chi connectivity index (χ0n) is 19.0. The van der Waals surface area contributed by atoms with Crippen LogP contribution in [0.4, 0.5) is 0 Å². The summed E-state index contributed by atoms with van der Waals surface area (Å²) in [6, 6.07) is 9.13. The second-order valence-electron chi connectivity index (χ2n) is 8.66. The van der Waals surface area contributed by atoms with E-state index in [0.717, 1.165) is 9.87 Å². The monoisotopic (exact) mass is 467 g/mol. The molecule has 9 heteroatoms. The zero-order valence-corrected chi connectivity index (χ0v) is 20.8. The SMILES string of the molecule is CCOC(=O)C1=C(C(=O)OCC)N(S(=O)(=O)CC[Si](C)(C)C)C(c2ccccc2)CC1. The Morgan fingerprint density at radius 1 is 1.03 bits per heavy atom. The molecule has 0 saturated carbocycles. The first-order chi connectivity index (χ1) is 14.5. The van der Waals surface area contributed by atoms with Crippen LogP contribution in [0.2, 0.25) is 25.7 Å². The summed E-state index contributed by atoms with van der Waals surface area (Å²) in [7, 11) is -5.58. The topological polar surface area (TPSA) is 90.0 Å². The largest absolute Gasteiger partial charge is 0.463 e. The Morgan fingerprint density at radius 2 is 1.61 bits per heavy atom. The van der Waals surface area contributed by atoms with Crippen molar-refractivity contribution in [2.24, 2.45) is 0 Å². The third-order valence-electron chi connectivity index (χ3n) is 5.04. The summed E-state index contributed by atoms with van der Waals surface area (Å²) < 4.78 is 38.7. The van der Waals surface area contributed by atoms with Crippen LogP contribution in [0, 0.1) is 0 Å². The predicted molar refractivity (Wildman–Crippen MR) is 122 cm³/mol. The number of nitrogens with zero attached hydrogens (tertiary/aromatic N) is 1. The Bertz CT molecular complexity index is 921. The molecular formula is C22H33NO6SSi. The van der Waals surface area contributed by atoms with Crippen molar-refractivity contribution in [3.05, 3.63) is 47.2 Å². The van der Waals surface area contributed by atoms with Crippen LogP contribution in [-0.2, 0) is 29.1 Å². The van der Waals surface area contributed by atoms with Gasteiger partial charge in [0, 0.05) is 8.07 Å². The van der Waals surface area contributed by atoms with Crippen molar-refractivity contribution in [1.82, 2.24) is 4.31 Å². The number of benzene rings is 1. The molecule has 2 rings (SSSR count). The Morgan fingerprint density at radius 3 is 2.16 bits per heavy atom. The molecule has 1 aliphatic heterocycles. The first-order valence-corrected chi connectivity index (χ1v) is 16.0. The number of carbonyl (C=O) groups is 2. The van der Waals surface area contributed by atoms with Gasteiger partial charge in [-0.05, 0) is 38.3 Å². The van der Waals surface area contributed by atoms with Crippen LogP contribution in [0.5, 0.6) is 0 Å². The minimum atomic E-state index is -3.91. The average molecular weight is 468 g/mol. The van der Waals surface area contributed by atoms with Crippen molar-refractivity contribution >= 4 is 30.0 Å². The maximum absolute atomic E-state index is 13.6. The van der Waals surface area contributed by atoms with Crippen LogP contribution < -0.4 is 0 Å². The Kier molecular flexibility index (Phi) is 8.47. The number of esters is 2. The summed E-state index contributed by atoms with van der Waals surface area (Å²) in [5.74, 6) is -1.59. The molecule has 0 amide bonds. The van der Waals surface area contributed by atoms with Gasteiger partial charge in [0.15, 0.2) is 0 Å².